The number of carbonyl (C=O) groups excluding carboxylic acids is 1. The van der Waals surface area contributed by atoms with Gasteiger partial charge in [-0.05, 0) is 30.0 Å². The highest BCUT2D eigenvalue weighted by Gasteiger charge is 2.37. The molecule has 1 N–H and O–H groups in total. The van der Waals surface area contributed by atoms with Crippen LogP contribution in [0.4, 0.5) is 0 Å². The third-order valence-corrected chi connectivity index (χ3v) is 6.07. The van der Waals surface area contributed by atoms with Crippen LogP contribution >= 0.6 is 23.2 Å². The molecule has 0 heterocycles. The first-order valence-corrected chi connectivity index (χ1v) is 9.74. The monoisotopic (exact) mass is 394 g/mol. The first-order chi connectivity index (χ1) is 12.3. The highest BCUT2D eigenvalue weighted by molar-refractivity contribution is 6.44. The molecule has 0 amide bonds. The summed E-state index contributed by atoms with van der Waals surface area (Å²) in [5.41, 5.74) is 4.48. The SMILES string of the molecule is CCCC1C2=C(CC(=O)CC2)c2c1cc(OCC(=N)N(C)C)c(Cl)c2Cl. The third-order valence-electron chi connectivity index (χ3n) is 5.22. The van der Waals surface area contributed by atoms with Gasteiger partial charge >= 0.3 is 0 Å². The van der Waals surface area contributed by atoms with E-state index in [1.54, 1.807) is 19.0 Å². The summed E-state index contributed by atoms with van der Waals surface area (Å²) in [7, 11) is 3.60. The van der Waals surface area contributed by atoms with Gasteiger partial charge in [-0.2, -0.15) is 0 Å². The lowest BCUT2D eigenvalue weighted by Crippen LogP contribution is -2.27. The van der Waals surface area contributed by atoms with Gasteiger partial charge in [0.1, 0.15) is 29.0 Å². The number of ether oxygens (including phenoxy) is 1. The average molecular weight is 395 g/mol. The molecule has 0 aromatic heterocycles. The Morgan fingerprint density at radius 3 is 2.69 bits per heavy atom. The maximum atomic E-state index is 12.0. The number of Topliss-reactive ketones (excluding diaryl/α,β-unsaturated/α-hetero) is 1. The third kappa shape index (κ3) is 3.37. The van der Waals surface area contributed by atoms with Crippen molar-refractivity contribution in [3.8, 4) is 5.75 Å². The van der Waals surface area contributed by atoms with Gasteiger partial charge in [-0.25, -0.2) is 0 Å². The van der Waals surface area contributed by atoms with Crippen molar-refractivity contribution in [1.82, 2.24) is 4.90 Å². The zero-order valence-electron chi connectivity index (χ0n) is 15.4. The number of halogens is 2. The molecule has 0 spiro atoms. The highest BCUT2D eigenvalue weighted by atomic mass is 35.5. The van der Waals surface area contributed by atoms with E-state index in [0.717, 1.165) is 36.0 Å². The molecule has 0 saturated heterocycles. The average Bonchev–Trinajstić information content (AvgIpc) is 2.89. The van der Waals surface area contributed by atoms with E-state index < -0.39 is 0 Å². The van der Waals surface area contributed by atoms with Crippen molar-refractivity contribution < 1.29 is 9.53 Å². The van der Waals surface area contributed by atoms with Crippen LogP contribution in [0.2, 0.25) is 10.0 Å². The van der Waals surface area contributed by atoms with Gasteiger partial charge in [0.05, 0.1) is 5.02 Å². The van der Waals surface area contributed by atoms with Crippen LogP contribution in [0.15, 0.2) is 11.6 Å². The summed E-state index contributed by atoms with van der Waals surface area (Å²) in [5.74, 6) is 1.41. The zero-order valence-corrected chi connectivity index (χ0v) is 16.9. The predicted octanol–water partition coefficient (Wildman–Crippen LogP) is 5.31. The Morgan fingerprint density at radius 1 is 1.31 bits per heavy atom. The minimum Gasteiger partial charge on any atom is -0.484 e. The van der Waals surface area contributed by atoms with Gasteiger partial charge in [-0.1, -0.05) is 42.1 Å². The van der Waals surface area contributed by atoms with Crippen LogP contribution in [-0.2, 0) is 4.79 Å². The number of fused-ring (bicyclic) bond motifs is 2. The largest absolute Gasteiger partial charge is 0.484 e. The molecule has 2 aliphatic rings. The molecule has 1 aromatic rings. The number of allylic oxidation sites excluding steroid dienone is 2. The first-order valence-electron chi connectivity index (χ1n) is 8.98. The van der Waals surface area contributed by atoms with Gasteiger partial charge in [0, 0.05) is 38.4 Å². The molecule has 1 unspecified atom stereocenters. The Labute approximate surface area is 164 Å². The quantitative estimate of drug-likeness (QED) is 0.543. The van der Waals surface area contributed by atoms with E-state index in [1.807, 2.05) is 6.07 Å². The van der Waals surface area contributed by atoms with Crippen LogP contribution in [0.1, 0.15) is 56.1 Å². The number of nitrogens with zero attached hydrogens (tertiary/aromatic N) is 1. The second-order valence-corrected chi connectivity index (χ2v) is 7.91. The van der Waals surface area contributed by atoms with E-state index >= 15 is 0 Å². The van der Waals surface area contributed by atoms with E-state index in [2.05, 4.69) is 6.92 Å². The number of amidine groups is 1. The summed E-state index contributed by atoms with van der Waals surface area (Å²) >= 11 is 13.1. The second-order valence-electron chi connectivity index (χ2n) is 7.16. The predicted molar refractivity (Wildman–Crippen MR) is 107 cm³/mol. The lowest BCUT2D eigenvalue weighted by Gasteiger charge is -2.19. The lowest BCUT2D eigenvalue weighted by atomic mass is 9.85. The van der Waals surface area contributed by atoms with Crippen molar-refractivity contribution in [1.29, 1.82) is 5.41 Å². The Bertz CT molecular complexity index is 799. The summed E-state index contributed by atoms with van der Waals surface area (Å²) < 4.78 is 5.80. The Kier molecular flexibility index (Phi) is 5.64. The number of hydrogen-bond donors (Lipinski definition) is 1. The zero-order chi connectivity index (χ0) is 19.0. The number of carbonyl (C=O) groups is 1. The van der Waals surface area contributed by atoms with Gasteiger partial charge < -0.3 is 9.64 Å². The van der Waals surface area contributed by atoms with E-state index in [9.17, 15) is 4.79 Å². The summed E-state index contributed by atoms with van der Waals surface area (Å²) in [6.07, 6.45) is 3.94. The van der Waals surface area contributed by atoms with Crippen molar-refractivity contribution >= 4 is 40.4 Å². The lowest BCUT2D eigenvalue weighted by molar-refractivity contribution is -0.118. The minimum absolute atomic E-state index is 0.131. The Morgan fingerprint density at radius 2 is 2.04 bits per heavy atom. The van der Waals surface area contributed by atoms with Crippen LogP contribution in [0, 0.1) is 5.41 Å². The fraction of sp³-hybridized carbons (Fsp3) is 0.500. The number of benzene rings is 1. The normalized spacial score (nSPS) is 18.7. The molecular formula is C20H24Cl2N2O2. The summed E-state index contributed by atoms with van der Waals surface area (Å²) in [5, 5.41) is 8.74. The topological polar surface area (TPSA) is 53.4 Å². The summed E-state index contributed by atoms with van der Waals surface area (Å²) in [4.78, 5) is 13.7. The van der Waals surface area contributed by atoms with Gasteiger partial charge in [0.2, 0.25) is 0 Å². The number of likely N-dealkylation sites (N-methyl/N-ethyl adjacent to an activating group) is 1. The summed E-state index contributed by atoms with van der Waals surface area (Å²) in [6.45, 7) is 2.30. The van der Waals surface area contributed by atoms with Gasteiger partial charge in [-0.3, -0.25) is 10.2 Å². The molecule has 0 radical (unpaired) electrons. The van der Waals surface area contributed by atoms with Crippen molar-refractivity contribution in [3.05, 3.63) is 32.8 Å². The molecule has 3 rings (SSSR count). The molecule has 2 aliphatic carbocycles. The Balaban J connectivity index is 2.01. The fourth-order valence-corrected chi connectivity index (χ4v) is 4.37. The van der Waals surface area contributed by atoms with Gasteiger partial charge in [0.25, 0.3) is 0 Å². The first kappa shape index (κ1) is 19.2. The highest BCUT2D eigenvalue weighted by Crippen LogP contribution is 2.54. The van der Waals surface area contributed by atoms with E-state index in [0.29, 0.717) is 34.5 Å². The molecule has 26 heavy (non-hydrogen) atoms. The van der Waals surface area contributed by atoms with E-state index in [4.69, 9.17) is 33.3 Å². The standard InChI is InChI=1S/C20H24Cl2N2O2/c1-4-5-12-13-7-6-11(25)8-14(13)18-15(12)9-16(19(21)20(18)22)26-10-17(23)24(2)3/h9,12,23H,4-8,10H2,1-3H3. The molecule has 1 atom stereocenters. The number of rotatable bonds is 5. The maximum absolute atomic E-state index is 12.0. The van der Waals surface area contributed by atoms with Gasteiger partial charge in [-0.15, -0.1) is 0 Å². The fourth-order valence-electron chi connectivity index (χ4n) is 3.85. The van der Waals surface area contributed by atoms with Gasteiger partial charge in [0.15, 0.2) is 0 Å². The van der Waals surface area contributed by atoms with E-state index in [1.165, 1.54) is 5.57 Å². The van der Waals surface area contributed by atoms with Crippen LogP contribution in [0.25, 0.3) is 5.57 Å². The van der Waals surface area contributed by atoms with Crippen LogP contribution in [0.5, 0.6) is 5.75 Å². The Hall–Kier alpha value is -1.52. The smallest absolute Gasteiger partial charge is 0.145 e. The molecule has 0 fully saturated rings. The number of ketones is 1. The van der Waals surface area contributed by atoms with Crippen molar-refractivity contribution in [2.24, 2.45) is 0 Å². The molecular weight excluding hydrogens is 371 g/mol. The van der Waals surface area contributed by atoms with Crippen LogP contribution < -0.4 is 4.74 Å². The van der Waals surface area contributed by atoms with Crippen LogP contribution in [0.3, 0.4) is 0 Å². The molecule has 1 aromatic carbocycles. The molecule has 140 valence electrons. The molecule has 4 nitrogen and oxygen atoms in total. The van der Waals surface area contributed by atoms with Crippen molar-refractivity contribution in [2.75, 3.05) is 20.7 Å². The number of hydrogen-bond acceptors (Lipinski definition) is 3. The van der Waals surface area contributed by atoms with Crippen LogP contribution in [-0.4, -0.2) is 37.2 Å². The molecule has 0 bridgehead atoms. The molecule has 0 saturated carbocycles. The molecule has 6 heteroatoms. The van der Waals surface area contributed by atoms with Crippen molar-refractivity contribution in [2.45, 2.75) is 44.9 Å². The second kappa shape index (κ2) is 7.61. The summed E-state index contributed by atoms with van der Waals surface area (Å²) in [6, 6.07) is 1.97. The van der Waals surface area contributed by atoms with Crippen molar-refractivity contribution in [3.63, 3.8) is 0 Å². The van der Waals surface area contributed by atoms with E-state index in [-0.39, 0.29) is 18.3 Å². The number of nitrogens with one attached hydrogen (secondary N) is 1. The molecule has 0 aliphatic heterocycles. The maximum Gasteiger partial charge on any atom is 0.145 e. The minimum atomic E-state index is 0.131.